The van der Waals surface area contributed by atoms with Crippen molar-refractivity contribution in [3.8, 4) is 0 Å². The maximum absolute atomic E-state index is 3.46. The van der Waals surface area contributed by atoms with Gasteiger partial charge in [-0.15, -0.1) is 0 Å². The number of unbranched alkanes of at least 4 members (excludes halogenated alkanes) is 2. The molecule has 1 saturated heterocycles. The Bertz CT molecular complexity index is 369. The van der Waals surface area contributed by atoms with Crippen molar-refractivity contribution in [1.29, 1.82) is 0 Å². The van der Waals surface area contributed by atoms with Crippen molar-refractivity contribution in [2.45, 2.75) is 45.6 Å². The summed E-state index contributed by atoms with van der Waals surface area (Å²) in [5.74, 6) is 0. The normalized spacial score (nSPS) is 18.4. The number of hydrogen-bond acceptors (Lipinski definition) is 2. The quantitative estimate of drug-likeness (QED) is 0.787. The Balaban J connectivity index is 2.08. The predicted octanol–water partition coefficient (Wildman–Crippen LogP) is 3.52. The van der Waals surface area contributed by atoms with E-state index in [0.717, 1.165) is 13.1 Å². The van der Waals surface area contributed by atoms with E-state index in [-0.39, 0.29) is 0 Å². The second-order valence-corrected chi connectivity index (χ2v) is 5.71. The molecule has 0 aromatic heterocycles. The van der Waals surface area contributed by atoms with Crippen molar-refractivity contribution in [3.63, 3.8) is 0 Å². The molecule has 0 unspecified atom stereocenters. The lowest BCUT2D eigenvalue weighted by Crippen LogP contribution is -2.45. The molecule has 0 bridgehead atoms. The zero-order chi connectivity index (χ0) is 13.5. The summed E-state index contributed by atoms with van der Waals surface area (Å²) in [6.07, 6.45) is 5.31. The minimum atomic E-state index is 0.619. The van der Waals surface area contributed by atoms with Crippen molar-refractivity contribution in [3.05, 3.63) is 35.4 Å². The van der Waals surface area contributed by atoms with Crippen LogP contribution in [0.3, 0.4) is 0 Å². The number of hydrogen-bond donors (Lipinski definition) is 1. The molecule has 0 spiro atoms. The Kier molecular flexibility index (Phi) is 5.87. The van der Waals surface area contributed by atoms with Crippen LogP contribution in [0.5, 0.6) is 0 Å². The second-order valence-electron chi connectivity index (χ2n) is 5.71. The highest BCUT2D eigenvalue weighted by molar-refractivity contribution is 5.25. The van der Waals surface area contributed by atoms with E-state index in [1.165, 1.54) is 49.9 Å². The zero-order valence-electron chi connectivity index (χ0n) is 12.5. The fourth-order valence-corrected chi connectivity index (χ4v) is 3.02. The van der Waals surface area contributed by atoms with Crippen LogP contribution in [0.15, 0.2) is 24.3 Å². The molecule has 1 aliphatic rings. The highest BCUT2D eigenvalue weighted by Crippen LogP contribution is 2.27. The summed E-state index contributed by atoms with van der Waals surface area (Å²) in [6.45, 7) is 9.12. The van der Waals surface area contributed by atoms with Crippen molar-refractivity contribution in [2.75, 3.05) is 26.2 Å². The van der Waals surface area contributed by atoms with E-state index < -0.39 is 0 Å². The molecule has 1 aliphatic heterocycles. The van der Waals surface area contributed by atoms with Gasteiger partial charge in [0.25, 0.3) is 0 Å². The monoisotopic (exact) mass is 260 g/mol. The largest absolute Gasteiger partial charge is 0.314 e. The fourth-order valence-electron chi connectivity index (χ4n) is 3.02. The molecule has 19 heavy (non-hydrogen) atoms. The molecular formula is C17H28N2. The van der Waals surface area contributed by atoms with E-state index in [1.54, 1.807) is 0 Å². The predicted molar refractivity (Wildman–Crippen MR) is 82.5 cm³/mol. The SMILES string of the molecule is CCCCC[C@@H](c1cccc(C)c1)N1CCNCC1. The second kappa shape index (κ2) is 7.66. The van der Waals surface area contributed by atoms with Gasteiger partial charge in [-0.1, -0.05) is 56.0 Å². The van der Waals surface area contributed by atoms with Gasteiger partial charge in [-0.3, -0.25) is 4.90 Å². The first-order chi connectivity index (χ1) is 9.31. The van der Waals surface area contributed by atoms with E-state index in [9.17, 15) is 0 Å². The van der Waals surface area contributed by atoms with Crippen molar-refractivity contribution < 1.29 is 0 Å². The molecule has 2 rings (SSSR count). The maximum Gasteiger partial charge on any atom is 0.0349 e. The van der Waals surface area contributed by atoms with Crippen LogP contribution in [0.25, 0.3) is 0 Å². The number of nitrogens with zero attached hydrogens (tertiary/aromatic N) is 1. The third-order valence-corrected chi connectivity index (χ3v) is 4.10. The number of aryl methyl sites for hydroxylation is 1. The Labute approximate surface area is 118 Å². The summed E-state index contributed by atoms with van der Waals surface area (Å²) < 4.78 is 0. The highest BCUT2D eigenvalue weighted by atomic mass is 15.2. The van der Waals surface area contributed by atoms with Crippen LogP contribution in [0.1, 0.15) is 49.8 Å². The molecule has 1 heterocycles. The molecule has 2 heteroatoms. The lowest BCUT2D eigenvalue weighted by atomic mass is 9.97. The standard InChI is InChI=1S/C17H28N2/c1-3-4-5-9-17(19-12-10-18-11-13-19)16-8-6-7-15(2)14-16/h6-8,14,17-18H,3-5,9-13H2,1-2H3/t17-/m0/s1. The van der Waals surface area contributed by atoms with E-state index in [2.05, 4.69) is 48.3 Å². The van der Waals surface area contributed by atoms with Crippen LogP contribution < -0.4 is 5.32 Å². The summed E-state index contributed by atoms with van der Waals surface area (Å²) in [6, 6.07) is 9.71. The summed E-state index contributed by atoms with van der Waals surface area (Å²) in [4.78, 5) is 2.67. The lowest BCUT2D eigenvalue weighted by molar-refractivity contribution is 0.162. The first kappa shape index (κ1) is 14.5. The summed E-state index contributed by atoms with van der Waals surface area (Å²) in [5.41, 5.74) is 2.89. The molecular weight excluding hydrogens is 232 g/mol. The summed E-state index contributed by atoms with van der Waals surface area (Å²) in [7, 11) is 0. The third kappa shape index (κ3) is 4.32. The molecule has 0 amide bonds. The Morgan fingerprint density at radius 2 is 2.00 bits per heavy atom. The minimum absolute atomic E-state index is 0.619. The molecule has 1 atom stereocenters. The number of benzene rings is 1. The first-order valence-corrected chi connectivity index (χ1v) is 7.82. The van der Waals surface area contributed by atoms with Gasteiger partial charge >= 0.3 is 0 Å². The molecule has 1 fully saturated rings. The smallest absolute Gasteiger partial charge is 0.0349 e. The maximum atomic E-state index is 3.46. The minimum Gasteiger partial charge on any atom is -0.314 e. The average molecular weight is 260 g/mol. The Morgan fingerprint density at radius 3 is 2.68 bits per heavy atom. The molecule has 0 radical (unpaired) electrons. The molecule has 0 aliphatic carbocycles. The highest BCUT2D eigenvalue weighted by Gasteiger charge is 2.21. The topological polar surface area (TPSA) is 15.3 Å². The average Bonchev–Trinajstić information content (AvgIpc) is 2.45. The van der Waals surface area contributed by atoms with E-state index in [4.69, 9.17) is 0 Å². The van der Waals surface area contributed by atoms with Crippen LogP contribution in [-0.2, 0) is 0 Å². The number of rotatable bonds is 6. The van der Waals surface area contributed by atoms with Gasteiger partial charge in [-0.05, 0) is 18.9 Å². The van der Waals surface area contributed by atoms with Gasteiger partial charge in [-0.25, -0.2) is 0 Å². The van der Waals surface area contributed by atoms with Gasteiger partial charge in [0.1, 0.15) is 0 Å². The van der Waals surface area contributed by atoms with Crippen molar-refractivity contribution in [1.82, 2.24) is 10.2 Å². The van der Waals surface area contributed by atoms with Crippen LogP contribution in [0.4, 0.5) is 0 Å². The number of nitrogens with one attached hydrogen (secondary N) is 1. The summed E-state index contributed by atoms with van der Waals surface area (Å²) in [5, 5.41) is 3.46. The van der Waals surface area contributed by atoms with Crippen molar-refractivity contribution >= 4 is 0 Å². The van der Waals surface area contributed by atoms with E-state index in [1.807, 2.05) is 0 Å². The molecule has 0 saturated carbocycles. The molecule has 106 valence electrons. The number of piperazine rings is 1. The van der Waals surface area contributed by atoms with Gasteiger partial charge in [0.05, 0.1) is 0 Å². The molecule has 2 nitrogen and oxygen atoms in total. The molecule has 1 N–H and O–H groups in total. The zero-order valence-corrected chi connectivity index (χ0v) is 12.5. The van der Waals surface area contributed by atoms with Crippen LogP contribution in [0.2, 0.25) is 0 Å². The summed E-state index contributed by atoms with van der Waals surface area (Å²) >= 11 is 0. The van der Waals surface area contributed by atoms with Crippen LogP contribution >= 0.6 is 0 Å². The molecule has 1 aromatic rings. The fraction of sp³-hybridized carbons (Fsp3) is 0.647. The first-order valence-electron chi connectivity index (χ1n) is 7.82. The Morgan fingerprint density at radius 1 is 1.21 bits per heavy atom. The van der Waals surface area contributed by atoms with Gasteiger partial charge in [0.15, 0.2) is 0 Å². The van der Waals surface area contributed by atoms with Gasteiger partial charge in [-0.2, -0.15) is 0 Å². The van der Waals surface area contributed by atoms with Gasteiger partial charge in [0, 0.05) is 32.2 Å². The third-order valence-electron chi connectivity index (χ3n) is 4.10. The van der Waals surface area contributed by atoms with E-state index in [0.29, 0.717) is 6.04 Å². The van der Waals surface area contributed by atoms with Crippen molar-refractivity contribution in [2.24, 2.45) is 0 Å². The van der Waals surface area contributed by atoms with Gasteiger partial charge in [0.2, 0.25) is 0 Å². The molecule has 1 aromatic carbocycles. The lowest BCUT2D eigenvalue weighted by Gasteiger charge is -2.35. The Hall–Kier alpha value is -0.860. The van der Waals surface area contributed by atoms with Gasteiger partial charge < -0.3 is 5.32 Å². The van der Waals surface area contributed by atoms with Crippen LogP contribution in [-0.4, -0.2) is 31.1 Å². The van der Waals surface area contributed by atoms with Crippen LogP contribution in [0, 0.1) is 6.92 Å². The van der Waals surface area contributed by atoms with E-state index >= 15 is 0 Å².